The smallest absolute Gasteiger partial charge is 0.0755 e. The van der Waals surface area contributed by atoms with E-state index in [1.54, 1.807) is 4.90 Å². The third kappa shape index (κ3) is 20.2. The van der Waals surface area contributed by atoms with Gasteiger partial charge in [-0.2, -0.15) is 0 Å². The minimum atomic E-state index is 0.509. The molecule has 0 radical (unpaired) electrons. The highest BCUT2D eigenvalue weighted by Gasteiger charge is 1.86. The molecule has 0 bridgehead atoms. The summed E-state index contributed by atoms with van der Waals surface area (Å²) in [4.78, 5) is 1.71. The van der Waals surface area contributed by atoms with Crippen molar-refractivity contribution >= 4 is 29.2 Å². The van der Waals surface area contributed by atoms with Gasteiger partial charge < -0.3 is 35.1 Å². The Labute approximate surface area is 106 Å². The van der Waals surface area contributed by atoms with E-state index in [2.05, 4.69) is 44.0 Å². The van der Waals surface area contributed by atoms with Crippen LogP contribution >= 0.6 is 12.2 Å². The number of nitrogens with two attached hydrogens (primary N) is 1. The van der Waals surface area contributed by atoms with E-state index in [1.165, 1.54) is 38.8 Å². The number of hydrogen-bond acceptors (Lipinski definition) is 2. The SMILES string of the molecule is CCCC[NH2+]CCCC.CN(C)C(=S)[S-]. The molecule has 0 rings (SSSR count). The molecule has 0 saturated carbocycles. The number of unbranched alkanes of at least 4 members (excludes halogenated alkanes) is 2. The zero-order valence-electron chi connectivity index (χ0n) is 10.6. The summed E-state index contributed by atoms with van der Waals surface area (Å²) in [5.41, 5.74) is 0. The van der Waals surface area contributed by atoms with Gasteiger partial charge in [-0.1, -0.05) is 31.0 Å². The van der Waals surface area contributed by atoms with Crippen LogP contribution in [0, 0.1) is 0 Å². The van der Waals surface area contributed by atoms with Gasteiger partial charge in [0.2, 0.25) is 0 Å². The van der Waals surface area contributed by atoms with Crippen LogP contribution in [0.5, 0.6) is 0 Å². The van der Waals surface area contributed by atoms with Crippen molar-refractivity contribution in [2.75, 3.05) is 27.2 Å². The summed E-state index contributed by atoms with van der Waals surface area (Å²) in [6.07, 6.45) is 5.43. The Kier molecular flexibility index (Phi) is 16.4. The van der Waals surface area contributed by atoms with E-state index >= 15 is 0 Å². The first kappa shape index (κ1) is 17.5. The highest BCUT2D eigenvalue weighted by atomic mass is 32.1. The molecule has 92 valence electrons. The van der Waals surface area contributed by atoms with Gasteiger partial charge in [0.1, 0.15) is 0 Å². The van der Waals surface area contributed by atoms with Crippen molar-refractivity contribution in [3.8, 4) is 0 Å². The third-order valence-corrected chi connectivity index (χ3v) is 2.62. The highest BCUT2D eigenvalue weighted by molar-refractivity contribution is 8.00. The van der Waals surface area contributed by atoms with Gasteiger partial charge >= 0.3 is 0 Å². The fourth-order valence-electron chi connectivity index (χ4n) is 0.841. The van der Waals surface area contributed by atoms with E-state index in [9.17, 15) is 0 Å². The van der Waals surface area contributed by atoms with Gasteiger partial charge in [-0.05, 0) is 12.8 Å². The predicted molar refractivity (Wildman–Crippen MR) is 75.1 cm³/mol. The summed E-state index contributed by atoms with van der Waals surface area (Å²) in [5.74, 6) is 0. The third-order valence-electron chi connectivity index (χ3n) is 1.89. The fraction of sp³-hybridized carbons (Fsp3) is 0.909. The van der Waals surface area contributed by atoms with Crippen molar-refractivity contribution < 1.29 is 5.32 Å². The first-order valence-electron chi connectivity index (χ1n) is 5.76. The van der Waals surface area contributed by atoms with Crippen LogP contribution in [-0.4, -0.2) is 36.4 Å². The molecule has 4 heteroatoms. The molecule has 0 aromatic carbocycles. The van der Waals surface area contributed by atoms with Gasteiger partial charge in [0, 0.05) is 14.1 Å². The largest absolute Gasteiger partial charge is 0.411 e. The lowest BCUT2D eigenvalue weighted by atomic mass is 10.3. The van der Waals surface area contributed by atoms with Crippen LogP contribution in [0.25, 0.3) is 0 Å². The van der Waals surface area contributed by atoms with Gasteiger partial charge in [-0.3, -0.25) is 0 Å². The molecule has 15 heavy (non-hydrogen) atoms. The van der Waals surface area contributed by atoms with E-state index in [1.807, 2.05) is 14.1 Å². The normalized spacial score (nSPS) is 9.07. The number of nitrogens with zero attached hydrogens (tertiary/aromatic N) is 1. The van der Waals surface area contributed by atoms with Gasteiger partial charge in [0.25, 0.3) is 0 Å². The summed E-state index contributed by atoms with van der Waals surface area (Å²) in [6.45, 7) is 7.15. The molecule has 0 aromatic heterocycles. The van der Waals surface area contributed by atoms with Gasteiger partial charge in [0.05, 0.1) is 13.1 Å². The van der Waals surface area contributed by atoms with Crippen LogP contribution in [-0.2, 0) is 12.6 Å². The maximum absolute atomic E-state index is 4.56. The quantitative estimate of drug-likeness (QED) is 0.438. The van der Waals surface area contributed by atoms with E-state index in [4.69, 9.17) is 0 Å². The zero-order chi connectivity index (χ0) is 12.1. The second-order valence-electron chi connectivity index (χ2n) is 3.73. The lowest BCUT2D eigenvalue weighted by Gasteiger charge is -2.15. The summed E-state index contributed by atoms with van der Waals surface area (Å²) < 4.78 is 0.509. The monoisotopic (exact) mass is 250 g/mol. The fourth-order valence-corrected chi connectivity index (χ4v) is 0.841. The summed E-state index contributed by atoms with van der Waals surface area (Å²) in [5, 5.41) is 2.42. The van der Waals surface area contributed by atoms with Crippen LogP contribution in [0.2, 0.25) is 0 Å². The van der Waals surface area contributed by atoms with Crippen molar-refractivity contribution in [3.05, 3.63) is 0 Å². The Morgan fingerprint density at radius 2 is 1.47 bits per heavy atom. The maximum Gasteiger partial charge on any atom is 0.0755 e. The summed E-state index contributed by atoms with van der Waals surface area (Å²) in [6, 6.07) is 0. The van der Waals surface area contributed by atoms with E-state index in [-0.39, 0.29) is 0 Å². The molecule has 2 nitrogen and oxygen atoms in total. The lowest BCUT2D eigenvalue weighted by molar-refractivity contribution is -0.655. The number of quaternary nitrogens is 1. The van der Waals surface area contributed by atoms with Crippen molar-refractivity contribution in [1.82, 2.24) is 4.90 Å². The molecule has 0 fully saturated rings. The molecule has 0 spiro atoms. The molecule has 0 aliphatic carbocycles. The molecule has 2 N–H and O–H groups in total. The van der Waals surface area contributed by atoms with Gasteiger partial charge in [0.15, 0.2) is 0 Å². The predicted octanol–water partition coefficient (Wildman–Crippen LogP) is 1.53. The standard InChI is InChI=1S/C8H19N.C3H7NS2/c1-3-5-7-9-8-6-4-2;1-4(2)3(5)6/h9H,3-8H2,1-2H3;1-2H3,(H,5,6). The van der Waals surface area contributed by atoms with Crippen molar-refractivity contribution in [2.45, 2.75) is 39.5 Å². The Morgan fingerprint density at radius 1 is 1.13 bits per heavy atom. The Morgan fingerprint density at radius 3 is 1.67 bits per heavy atom. The molecular weight excluding hydrogens is 224 g/mol. The average Bonchev–Trinajstić information content (AvgIpc) is 2.18. The summed E-state index contributed by atoms with van der Waals surface area (Å²) >= 11 is 9.12. The molecule has 0 saturated heterocycles. The summed E-state index contributed by atoms with van der Waals surface area (Å²) in [7, 11) is 3.66. The number of hydrogen-bond donors (Lipinski definition) is 1. The van der Waals surface area contributed by atoms with Crippen LogP contribution in [0.15, 0.2) is 0 Å². The minimum absolute atomic E-state index is 0.509. The topological polar surface area (TPSA) is 19.9 Å². The maximum atomic E-state index is 4.56. The molecule has 0 heterocycles. The molecule has 0 aliphatic rings. The molecule has 0 amide bonds. The van der Waals surface area contributed by atoms with E-state index < -0.39 is 0 Å². The lowest BCUT2D eigenvalue weighted by Crippen LogP contribution is -2.84. The average molecular weight is 250 g/mol. The van der Waals surface area contributed by atoms with Crippen LogP contribution in [0.4, 0.5) is 0 Å². The first-order valence-corrected chi connectivity index (χ1v) is 6.57. The van der Waals surface area contributed by atoms with Gasteiger partial charge in [-0.25, -0.2) is 0 Å². The molecule has 0 atom stereocenters. The second kappa shape index (κ2) is 14.1. The van der Waals surface area contributed by atoms with E-state index in [0.29, 0.717) is 4.32 Å². The molecular formula is C11H26N2S2. The van der Waals surface area contributed by atoms with E-state index in [0.717, 1.165) is 0 Å². The molecule has 0 aliphatic heterocycles. The van der Waals surface area contributed by atoms with Crippen molar-refractivity contribution in [2.24, 2.45) is 0 Å². The van der Waals surface area contributed by atoms with Crippen molar-refractivity contribution in [3.63, 3.8) is 0 Å². The first-order chi connectivity index (χ1) is 7.06. The highest BCUT2D eigenvalue weighted by Crippen LogP contribution is 1.80. The van der Waals surface area contributed by atoms with Crippen LogP contribution in [0.3, 0.4) is 0 Å². The molecule has 0 unspecified atom stereocenters. The second-order valence-corrected chi connectivity index (χ2v) is 4.77. The number of thiocarbonyl (C=S) groups is 1. The van der Waals surface area contributed by atoms with Crippen molar-refractivity contribution in [1.29, 1.82) is 0 Å². The Hall–Kier alpha value is 0.0700. The van der Waals surface area contributed by atoms with Crippen LogP contribution in [0.1, 0.15) is 39.5 Å². The molecule has 0 aromatic rings. The Bertz CT molecular complexity index is 133. The Balaban J connectivity index is 0. The van der Waals surface area contributed by atoms with Gasteiger partial charge in [-0.15, -0.1) is 0 Å². The van der Waals surface area contributed by atoms with Crippen LogP contribution < -0.4 is 5.32 Å². The number of rotatable bonds is 6. The zero-order valence-corrected chi connectivity index (χ0v) is 12.2. The minimum Gasteiger partial charge on any atom is -0.411 e.